The van der Waals surface area contributed by atoms with E-state index in [0.29, 0.717) is 12.2 Å². The molecule has 8 nitrogen and oxygen atoms in total. The predicted molar refractivity (Wildman–Crippen MR) is 75.2 cm³/mol. The second-order valence-electron chi connectivity index (χ2n) is 4.50. The van der Waals surface area contributed by atoms with E-state index in [0.717, 1.165) is 6.42 Å². The Morgan fingerprint density at radius 2 is 2.00 bits per heavy atom. The van der Waals surface area contributed by atoms with Gasteiger partial charge in [-0.3, -0.25) is 0 Å². The quantitative estimate of drug-likeness (QED) is 0.786. The van der Waals surface area contributed by atoms with E-state index in [1.54, 1.807) is 0 Å². The molecule has 0 fully saturated rings. The molecule has 0 saturated heterocycles. The Morgan fingerprint density at radius 3 is 2.59 bits per heavy atom. The molecular weight excluding hydrogens is 310 g/mol. The van der Waals surface area contributed by atoms with Crippen molar-refractivity contribution in [3.05, 3.63) is 41.5 Å². The number of hydrogen-bond donors (Lipinski definition) is 1. The van der Waals surface area contributed by atoms with Crippen LogP contribution < -0.4 is 5.14 Å². The van der Waals surface area contributed by atoms with Gasteiger partial charge in [0.2, 0.25) is 10.0 Å². The van der Waals surface area contributed by atoms with Crippen LogP contribution >= 0.6 is 0 Å². The third kappa shape index (κ3) is 4.12. The van der Waals surface area contributed by atoms with Crippen molar-refractivity contribution in [1.29, 1.82) is 0 Å². The van der Waals surface area contributed by atoms with Gasteiger partial charge in [-0.25, -0.2) is 18.4 Å². The molecule has 0 amide bonds. The number of aromatic nitrogens is 2. The maximum Gasteiger partial charge on any atom is 0.338 e. The summed E-state index contributed by atoms with van der Waals surface area (Å²) < 4.78 is 32.2. The monoisotopic (exact) mass is 325 g/mol. The number of carbonyl (C=O) groups is 1. The second kappa shape index (κ2) is 6.67. The summed E-state index contributed by atoms with van der Waals surface area (Å²) in [6.45, 7) is 1.84. The van der Waals surface area contributed by atoms with Gasteiger partial charge in [0, 0.05) is 6.42 Å². The van der Waals surface area contributed by atoms with Crippen molar-refractivity contribution in [3.63, 3.8) is 0 Å². The van der Waals surface area contributed by atoms with Crippen LogP contribution in [0.2, 0.25) is 0 Å². The Labute approximate surface area is 127 Å². The van der Waals surface area contributed by atoms with Crippen LogP contribution in [0.1, 0.15) is 35.4 Å². The third-order valence-electron chi connectivity index (χ3n) is 2.73. The van der Waals surface area contributed by atoms with Crippen molar-refractivity contribution < 1.29 is 22.5 Å². The molecule has 2 aromatic rings. The standard InChI is InChI=1S/C13H15N3O5S/c1-2-3-11-15-12(21-16-11)8-20-13(17)9-4-6-10(7-5-9)22(14,18)19/h4-7H,2-3,8H2,1H3,(H2,14,18,19). The molecule has 0 aliphatic heterocycles. The van der Waals surface area contributed by atoms with Crippen LogP contribution in [0.15, 0.2) is 33.7 Å². The molecule has 0 aliphatic rings. The van der Waals surface area contributed by atoms with Crippen LogP contribution in [0.25, 0.3) is 0 Å². The van der Waals surface area contributed by atoms with Crippen LogP contribution in [0, 0.1) is 0 Å². The zero-order valence-electron chi connectivity index (χ0n) is 11.9. The van der Waals surface area contributed by atoms with E-state index in [1.165, 1.54) is 24.3 Å². The van der Waals surface area contributed by atoms with Crippen molar-refractivity contribution in [1.82, 2.24) is 10.1 Å². The zero-order valence-corrected chi connectivity index (χ0v) is 12.7. The van der Waals surface area contributed by atoms with E-state index in [-0.39, 0.29) is 23.0 Å². The van der Waals surface area contributed by atoms with E-state index in [4.69, 9.17) is 14.4 Å². The molecule has 9 heteroatoms. The molecule has 0 spiro atoms. The van der Waals surface area contributed by atoms with E-state index in [1.807, 2.05) is 6.92 Å². The Hall–Kier alpha value is -2.26. The van der Waals surface area contributed by atoms with E-state index >= 15 is 0 Å². The van der Waals surface area contributed by atoms with Crippen molar-refractivity contribution in [3.8, 4) is 0 Å². The average Bonchev–Trinajstić information content (AvgIpc) is 2.92. The molecule has 0 radical (unpaired) electrons. The minimum atomic E-state index is -3.79. The second-order valence-corrected chi connectivity index (χ2v) is 6.06. The van der Waals surface area contributed by atoms with E-state index in [9.17, 15) is 13.2 Å². The molecule has 1 aromatic carbocycles. The Balaban J connectivity index is 1.97. The fourth-order valence-corrected chi connectivity index (χ4v) is 2.18. The first-order valence-corrected chi connectivity index (χ1v) is 8.06. The van der Waals surface area contributed by atoms with Crippen LogP contribution in [-0.4, -0.2) is 24.5 Å². The fourth-order valence-electron chi connectivity index (χ4n) is 1.67. The molecule has 22 heavy (non-hydrogen) atoms. The molecule has 118 valence electrons. The normalized spacial score (nSPS) is 11.4. The first kappa shape index (κ1) is 16.1. The molecular formula is C13H15N3O5S. The lowest BCUT2D eigenvalue weighted by Crippen LogP contribution is -2.12. The predicted octanol–water partition coefficient (Wildman–Crippen LogP) is 1.03. The lowest BCUT2D eigenvalue weighted by Gasteiger charge is -2.03. The lowest BCUT2D eigenvalue weighted by molar-refractivity contribution is 0.0429. The van der Waals surface area contributed by atoms with E-state index in [2.05, 4.69) is 10.1 Å². The molecule has 1 aromatic heterocycles. The Bertz CT molecular complexity index is 752. The van der Waals surface area contributed by atoms with Crippen LogP contribution in [-0.2, 0) is 27.8 Å². The maximum absolute atomic E-state index is 11.8. The molecule has 1 heterocycles. The van der Waals surface area contributed by atoms with Gasteiger partial charge < -0.3 is 9.26 Å². The van der Waals surface area contributed by atoms with E-state index < -0.39 is 16.0 Å². The maximum atomic E-state index is 11.8. The Kier molecular flexibility index (Phi) is 4.88. The van der Waals surface area contributed by atoms with Gasteiger partial charge in [0.15, 0.2) is 12.4 Å². The number of hydrogen-bond acceptors (Lipinski definition) is 7. The fraction of sp³-hybridized carbons (Fsp3) is 0.308. The summed E-state index contributed by atoms with van der Waals surface area (Å²) in [6.07, 6.45) is 1.57. The third-order valence-corrected chi connectivity index (χ3v) is 3.66. The van der Waals surface area contributed by atoms with Gasteiger partial charge in [-0.15, -0.1) is 0 Å². The highest BCUT2D eigenvalue weighted by atomic mass is 32.2. The highest BCUT2D eigenvalue weighted by Gasteiger charge is 2.13. The summed E-state index contributed by atoms with van der Waals surface area (Å²) >= 11 is 0. The number of ether oxygens (including phenoxy) is 1. The number of rotatable bonds is 6. The first-order valence-electron chi connectivity index (χ1n) is 6.51. The number of carbonyl (C=O) groups excluding carboxylic acids is 1. The number of esters is 1. The molecule has 0 atom stereocenters. The Morgan fingerprint density at radius 1 is 1.32 bits per heavy atom. The molecule has 0 unspecified atom stereocenters. The summed E-state index contributed by atoms with van der Waals surface area (Å²) in [5.74, 6) is 0.139. The van der Waals surface area contributed by atoms with Gasteiger partial charge in [-0.2, -0.15) is 4.98 Å². The smallest absolute Gasteiger partial charge is 0.338 e. The number of aryl methyl sites for hydroxylation is 1. The number of primary sulfonamides is 1. The largest absolute Gasteiger partial charge is 0.452 e. The summed E-state index contributed by atoms with van der Waals surface area (Å²) in [6, 6.07) is 5.10. The minimum Gasteiger partial charge on any atom is -0.452 e. The van der Waals surface area contributed by atoms with Gasteiger partial charge in [-0.1, -0.05) is 12.1 Å². The van der Waals surface area contributed by atoms with Crippen LogP contribution in [0.4, 0.5) is 0 Å². The summed E-state index contributed by atoms with van der Waals surface area (Å²) in [5, 5.41) is 8.71. The topological polar surface area (TPSA) is 125 Å². The zero-order chi connectivity index (χ0) is 16.2. The van der Waals surface area contributed by atoms with Crippen molar-refractivity contribution >= 4 is 16.0 Å². The number of sulfonamides is 1. The highest BCUT2D eigenvalue weighted by Crippen LogP contribution is 2.11. The van der Waals surface area contributed by atoms with Crippen molar-refractivity contribution in [2.45, 2.75) is 31.3 Å². The lowest BCUT2D eigenvalue weighted by atomic mass is 10.2. The molecule has 0 aliphatic carbocycles. The van der Waals surface area contributed by atoms with Gasteiger partial charge in [-0.05, 0) is 30.7 Å². The highest BCUT2D eigenvalue weighted by molar-refractivity contribution is 7.89. The molecule has 0 bridgehead atoms. The SMILES string of the molecule is CCCc1noc(COC(=O)c2ccc(S(N)(=O)=O)cc2)n1. The van der Waals surface area contributed by atoms with Gasteiger partial charge >= 0.3 is 5.97 Å². The van der Waals surface area contributed by atoms with Crippen molar-refractivity contribution in [2.75, 3.05) is 0 Å². The minimum absolute atomic E-state index is 0.0786. The van der Waals surface area contributed by atoms with Gasteiger partial charge in [0.1, 0.15) is 0 Å². The molecule has 2 rings (SSSR count). The van der Waals surface area contributed by atoms with Gasteiger partial charge in [0.25, 0.3) is 5.89 Å². The molecule has 2 N–H and O–H groups in total. The number of benzene rings is 1. The number of nitrogens with zero attached hydrogens (tertiary/aromatic N) is 2. The van der Waals surface area contributed by atoms with Gasteiger partial charge in [0.05, 0.1) is 10.5 Å². The average molecular weight is 325 g/mol. The summed E-state index contributed by atoms with van der Waals surface area (Å²) in [4.78, 5) is 15.8. The van der Waals surface area contributed by atoms with Crippen LogP contribution in [0.5, 0.6) is 0 Å². The number of nitrogens with two attached hydrogens (primary N) is 1. The molecule has 0 saturated carbocycles. The van der Waals surface area contributed by atoms with Crippen LogP contribution in [0.3, 0.4) is 0 Å². The summed E-state index contributed by atoms with van der Waals surface area (Å²) in [7, 11) is -3.79. The summed E-state index contributed by atoms with van der Waals surface area (Å²) in [5.41, 5.74) is 0.195. The van der Waals surface area contributed by atoms with Crippen molar-refractivity contribution in [2.24, 2.45) is 5.14 Å². The first-order chi connectivity index (χ1) is 10.4.